The molecule has 0 N–H and O–H groups in total. The third-order valence-electron chi connectivity index (χ3n) is 12.2. The zero-order valence-electron chi connectivity index (χ0n) is 31.2. The minimum atomic E-state index is 0.0880. The van der Waals surface area contributed by atoms with Gasteiger partial charge in [0.25, 0.3) is 0 Å². The Bertz CT molecular complexity index is 2810. The van der Waals surface area contributed by atoms with Crippen LogP contribution in [0.2, 0.25) is 0 Å². The van der Waals surface area contributed by atoms with Crippen molar-refractivity contribution in [3.63, 3.8) is 0 Å². The van der Waals surface area contributed by atoms with E-state index in [1.165, 1.54) is 66.1 Å². The summed E-state index contributed by atoms with van der Waals surface area (Å²) in [7, 11) is 0. The molecule has 268 valence electrons. The van der Waals surface area contributed by atoms with Gasteiger partial charge in [-0.1, -0.05) is 134 Å². The third-order valence-corrected chi connectivity index (χ3v) is 12.2. The van der Waals surface area contributed by atoms with Gasteiger partial charge in [-0.05, 0) is 140 Å². The number of hydrogen-bond acceptors (Lipinski definition) is 2. The molecule has 7 aromatic carbocycles. The van der Waals surface area contributed by atoms with Gasteiger partial charge in [-0.25, -0.2) is 0 Å². The first-order chi connectivity index (χ1) is 27.7. The molecular weight excluding hydrogens is 679 g/mol. The maximum absolute atomic E-state index is 6.30. The van der Waals surface area contributed by atoms with Crippen molar-refractivity contribution in [2.45, 2.75) is 37.2 Å². The van der Waals surface area contributed by atoms with Crippen LogP contribution in [0.15, 0.2) is 188 Å². The Morgan fingerprint density at radius 2 is 1.34 bits per heavy atom. The molecule has 2 heteroatoms. The normalized spacial score (nSPS) is 18.8. The smallest absolute Gasteiger partial charge is 0.128 e. The highest BCUT2D eigenvalue weighted by Crippen LogP contribution is 2.46. The van der Waals surface area contributed by atoms with Crippen LogP contribution in [0, 0.1) is 0 Å². The van der Waals surface area contributed by atoms with Crippen LogP contribution in [0.3, 0.4) is 0 Å². The van der Waals surface area contributed by atoms with Gasteiger partial charge in [0.05, 0.1) is 0 Å². The summed E-state index contributed by atoms with van der Waals surface area (Å²) < 4.78 is 6.30. The molecule has 0 spiro atoms. The van der Waals surface area contributed by atoms with E-state index in [9.17, 15) is 0 Å². The molecular formula is C54H41NO. The summed E-state index contributed by atoms with van der Waals surface area (Å²) in [6, 6.07) is 49.8. The Kier molecular flexibility index (Phi) is 7.95. The number of allylic oxidation sites excluding steroid dienone is 7. The lowest BCUT2D eigenvalue weighted by Gasteiger charge is -2.27. The monoisotopic (exact) mass is 719 g/mol. The zero-order valence-corrected chi connectivity index (χ0v) is 31.2. The fourth-order valence-electron chi connectivity index (χ4n) is 9.39. The van der Waals surface area contributed by atoms with Crippen LogP contribution in [0.5, 0.6) is 5.75 Å². The summed E-state index contributed by atoms with van der Waals surface area (Å²) in [5, 5.41) is 5.14. The molecule has 0 saturated carbocycles. The number of fused-ring (bicyclic) bond motifs is 8. The molecule has 56 heavy (non-hydrogen) atoms. The molecule has 2 nitrogen and oxygen atoms in total. The lowest BCUT2D eigenvalue weighted by Crippen LogP contribution is -2.15. The van der Waals surface area contributed by atoms with E-state index < -0.39 is 0 Å². The summed E-state index contributed by atoms with van der Waals surface area (Å²) in [6.07, 6.45) is 25.5. The molecule has 0 bridgehead atoms. The second kappa shape index (κ2) is 13.6. The maximum atomic E-state index is 6.30. The first kappa shape index (κ1) is 32.8. The van der Waals surface area contributed by atoms with Crippen LogP contribution >= 0.6 is 0 Å². The van der Waals surface area contributed by atoms with Crippen LogP contribution in [-0.4, -0.2) is 6.10 Å². The summed E-state index contributed by atoms with van der Waals surface area (Å²) in [5.74, 6) is 1.64. The Morgan fingerprint density at radius 3 is 2.20 bits per heavy atom. The van der Waals surface area contributed by atoms with E-state index in [4.69, 9.17) is 4.74 Å². The molecule has 0 fully saturated rings. The quantitative estimate of drug-likeness (QED) is 0.170. The van der Waals surface area contributed by atoms with Crippen LogP contribution in [0.25, 0.3) is 49.9 Å². The van der Waals surface area contributed by atoms with Crippen molar-refractivity contribution < 1.29 is 4.74 Å². The van der Waals surface area contributed by atoms with E-state index >= 15 is 0 Å². The molecule has 3 unspecified atom stereocenters. The fraction of sp³-hybridized carbons (Fsp3) is 0.111. The molecule has 3 aliphatic carbocycles. The van der Waals surface area contributed by atoms with E-state index in [1.54, 1.807) is 0 Å². The predicted octanol–water partition coefficient (Wildman–Crippen LogP) is 14.3. The van der Waals surface area contributed by atoms with E-state index in [1.807, 2.05) is 0 Å². The van der Waals surface area contributed by atoms with Gasteiger partial charge < -0.3 is 9.64 Å². The minimum absolute atomic E-state index is 0.0880. The Balaban J connectivity index is 0.967. The fourth-order valence-corrected chi connectivity index (χ4v) is 9.39. The van der Waals surface area contributed by atoms with Crippen molar-refractivity contribution in [1.82, 2.24) is 0 Å². The molecule has 11 rings (SSSR count). The van der Waals surface area contributed by atoms with Crippen molar-refractivity contribution in [3.05, 3.63) is 210 Å². The molecule has 4 aliphatic rings. The number of ether oxygens (including phenoxy) is 1. The number of anilines is 3. The van der Waals surface area contributed by atoms with Crippen molar-refractivity contribution >= 4 is 44.7 Å². The maximum Gasteiger partial charge on any atom is 0.128 e. The topological polar surface area (TPSA) is 12.5 Å². The number of rotatable bonds is 6. The lowest BCUT2D eigenvalue weighted by atomic mass is 9.85. The van der Waals surface area contributed by atoms with Crippen LogP contribution < -0.4 is 9.64 Å². The standard InChI is InChI=1S/C54H41NO/c1-2-11-36(12-3-1)39-14-10-15-45(34-39)55(44-29-23-38(24-30-44)51-35-41-13-4-5-16-46(41)48-17-6-7-18-49(48)51)43-27-21-37(22-28-43)40-25-31-47-42(33-40)26-32-53-54(47)50-19-8-9-20-52(50)56-53/h1-6,8-11,13-17,19-36,50,52H,7,12,18H2. The Morgan fingerprint density at radius 1 is 0.554 bits per heavy atom. The summed E-state index contributed by atoms with van der Waals surface area (Å²) in [4.78, 5) is 2.41. The zero-order chi connectivity index (χ0) is 37.0. The van der Waals surface area contributed by atoms with Crippen LogP contribution in [0.1, 0.15) is 46.9 Å². The molecule has 0 amide bonds. The average molecular weight is 720 g/mol. The number of hydrogen-bond donors (Lipinski definition) is 0. The first-order valence-corrected chi connectivity index (χ1v) is 20.0. The van der Waals surface area contributed by atoms with Crippen LogP contribution in [0.4, 0.5) is 17.1 Å². The SMILES string of the molecule is C1=CCC(c2cccc(N(c3ccc(-c4ccc5c6c(ccc5c4)OC4C=CC=CC64)cc3)c3ccc(-c4cc5ccccc5c5c4CCC=C5)cc3)c2)C=C1. The van der Waals surface area contributed by atoms with Gasteiger partial charge in [-0.15, -0.1) is 0 Å². The van der Waals surface area contributed by atoms with Crippen molar-refractivity contribution in [2.75, 3.05) is 4.90 Å². The van der Waals surface area contributed by atoms with E-state index in [-0.39, 0.29) is 12.0 Å². The van der Waals surface area contributed by atoms with Gasteiger partial charge in [0.2, 0.25) is 0 Å². The van der Waals surface area contributed by atoms with Gasteiger partial charge in [0.1, 0.15) is 11.9 Å². The van der Waals surface area contributed by atoms with E-state index in [0.29, 0.717) is 5.92 Å². The van der Waals surface area contributed by atoms with Crippen molar-refractivity contribution in [1.29, 1.82) is 0 Å². The molecule has 7 aromatic rings. The molecule has 1 heterocycles. The molecule has 0 radical (unpaired) electrons. The largest absolute Gasteiger partial charge is 0.485 e. The van der Waals surface area contributed by atoms with Gasteiger partial charge in [0.15, 0.2) is 0 Å². The number of nitrogens with zero attached hydrogens (tertiary/aromatic N) is 1. The van der Waals surface area contributed by atoms with Crippen molar-refractivity contribution in [2.24, 2.45) is 0 Å². The van der Waals surface area contributed by atoms with E-state index in [2.05, 4.69) is 199 Å². The molecule has 1 aliphatic heterocycles. The Labute approximate surface area is 328 Å². The van der Waals surface area contributed by atoms with Gasteiger partial charge in [0, 0.05) is 34.5 Å². The Hall–Kier alpha value is -6.64. The third kappa shape index (κ3) is 5.64. The summed E-state index contributed by atoms with van der Waals surface area (Å²) >= 11 is 0. The number of benzene rings is 7. The average Bonchev–Trinajstić information content (AvgIpc) is 3.66. The van der Waals surface area contributed by atoms with Gasteiger partial charge in [-0.3, -0.25) is 0 Å². The second-order valence-electron chi connectivity index (χ2n) is 15.4. The second-order valence-corrected chi connectivity index (χ2v) is 15.4. The van der Waals surface area contributed by atoms with Gasteiger partial charge >= 0.3 is 0 Å². The lowest BCUT2D eigenvalue weighted by molar-refractivity contribution is 0.269. The van der Waals surface area contributed by atoms with E-state index in [0.717, 1.165) is 42.1 Å². The van der Waals surface area contributed by atoms with Crippen LogP contribution in [-0.2, 0) is 6.42 Å². The predicted molar refractivity (Wildman–Crippen MR) is 235 cm³/mol. The van der Waals surface area contributed by atoms with Gasteiger partial charge in [-0.2, -0.15) is 0 Å². The summed E-state index contributed by atoms with van der Waals surface area (Å²) in [5.41, 5.74) is 13.9. The highest BCUT2D eigenvalue weighted by Gasteiger charge is 2.33. The molecule has 0 aromatic heterocycles. The van der Waals surface area contributed by atoms with Crippen molar-refractivity contribution in [3.8, 4) is 28.0 Å². The highest BCUT2D eigenvalue weighted by molar-refractivity contribution is 5.98. The highest BCUT2D eigenvalue weighted by atomic mass is 16.5. The molecule has 0 saturated heterocycles. The minimum Gasteiger partial charge on any atom is -0.485 e. The first-order valence-electron chi connectivity index (χ1n) is 20.0. The molecule has 3 atom stereocenters. The summed E-state index contributed by atoms with van der Waals surface area (Å²) in [6.45, 7) is 0.